The Kier molecular flexibility index (Phi) is 2.57. The molecule has 0 aromatic heterocycles. The molecule has 0 N–H and O–H groups in total. The average molecular weight is 427 g/mol. The van der Waals surface area contributed by atoms with Crippen molar-refractivity contribution >= 4 is 70.3 Å². The van der Waals surface area contributed by atoms with E-state index in [-0.39, 0.29) is 22.0 Å². The van der Waals surface area contributed by atoms with Crippen molar-refractivity contribution in [1.82, 2.24) is 0 Å². The lowest BCUT2D eigenvalue weighted by Crippen LogP contribution is -1.98. The van der Waals surface area contributed by atoms with Crippen LogP contribution >= 0.6 is 0 Å². The van der Waals surface area contributed by atoms with Gasteiger partial charge in [-0.1, -0.05) is 0 Å². The maximum Gasteiger partial charge on any atom is 0.269 e. The minimum atomic E-state index is -0.476. The molecule has 0 saturated carbocycles. The number of rotatable bonds is 2. The normalized spacial score (nSPS) is 12.8. The van der Waals surface area contributed by atoms with Crippen LogP contribution in [0.5, 0.6) is 0 Å². The zero-order valence-corrected chi connectivity index (χ0v) is 16.7. The highest BCUT2D eigenvalue weighted by molar-refractivity contribution is 6.48. The van der Waals surface area contributed by atoms with Crippen LogP contribution in [0.1, 0.15) is 0 Å². The van der Waals surface area contributed by atoms with E-state index in [2.05, 4.69) is 0 Å². The first-order valence-corrected chi connectivity index (χ1v) is 10.4. The SMILES string of the molecule is O=c1c2ccc3c(=O)c4cc(-c5ccc([N+](=O)[O-])cc5)c5c(=O)c6ccc1c1c2c3c4c5c61. The van der Waals surface area contributed by atoms with Crippen molar-refractivity contribution in [3.05, 3.63) is 95.4 Å². The molecule has 0 radical (unpaired) electrons. The van der Waals surface area contributed by atoms with Gasteiger partial charge in [0.15, 0.2) is 16.3 Å². The number of nitrogens with zero attached hydrogens (tertiary/aromatic N) is 1. The van der Waals surface area contributed by atoms with Crippen molar-refractivity contribution in [2.75, 3.05) is 0 Å². The van der Waals surface area contributed by atoms with E-state index in [0.29, 0.717) is 48.8 Å². The summed E-state index contributed by atoms with van der Waals surface area (Å²) in [6, 6.07) is 14.6. The van der Waals surface area contributed by atoms with E-state index >= 15 is 0 Å². The molecule has 0 spiro atoms. The standard InChI is InChI=1S/C27H9NO5/c29-25-12-5-6-14-20-18(12)19-13(25)7-8-15-21(19)24-22(20)17(26(14)30)9-16(23(24)27(15)31)10-1-3-11(4-2-10)28(32)33/h1-9H. The van der Waals surface area contributed by atoms with Gasteiger partial charge in [-0.3, -0.25) is 24.5 Å². The Morgan fingerprint density at radius 2 is 0.970 bits per heavy atom. The van der Waals surface area contributed by atoms with Crippen LogP contribution in [0.4, 0.5) is 5.69 Å². The molecule has 0 unspecified atom stereocenters. The molecular formula is C27H9NO5. The third kappa shape index (κ3) is 1.64. The van der Waals surface area contributed by atoms with E-state index < -0.39 is 4.92 Å². The third-order valence-electron chi connectivity index (χ3n) is 7.33. The zero-order valence-electron chi connectivity index (χ0n) is 16.7. The summed E-state index contributed by atoms with van der Waals surface area (Å²) in [4.78, 5) is 50.9. The summed E-state index contributed by atoms with van der Waals surface area (Å²) < 4.78 is 0. The summed E-state index contributed by atoms with van der Waals surface area (Å²) in [5, 5.41) is 18.8. The van der Waals surface area contributed by atoms with Crippen LogP contribution in [0.3, 0.4) is 0 Å². The van der Waals surface area contributed by atoms with E-state index in [0.717, 1.165) is 26.9 Å². The van der Waals surface area contributed by atoms with Gasteiger partial charge in [-0.15, -0.1) is 0 Å². The molecule has 0 saturated heterocycles. The fourth-order valence-electron chi connectivity index (χ4n) is 6.02. The summed E-state index contributed by atoms with van der Waals surface area (Å²) >= 11 is 0. The van der Waals surface area contributed by atoms with Crippen LogP contribution in [0.15, 0.2) is 69.0 Å². The number of nitro benzene ring substituents is 1. The van der Waals surface area contributed by atoms with Gasteiger partial charge in [0, 0.05) is 76.8 Å². The highest BCUT2D eigenvalue weighted by Crippen LogP contribution is 2.49. The summed E-state index contributed by atoms with van der Waals surface area (Å²) in [6.45, 7) is 0. The highest BCUT2D eigenvalue weighted by atomic mass is 16.6. The van der Waals surface area contributed by atoms with Gasteiger partial charge >= 0.3 is 0 Å². The minimum absolute atomic E-state index is 0.0516. The minimum Gasteiger partial charge on any atom is -0.289 e. The molecule has 0 aliphatic carbocycles. The molecular weight excluding hydrogens is 418 g/mol. The summed E-state index contributed by atoms with van der Waals surface area (Å²) in [5.74, 6) is 0. The van der Waals surface area contributed by atoms with E-state index in [1.54, 1.807) is 42.5 Å². The molecule has 0 aliphatic rings. The zero-order chi connectivity index (χ0) is 22.3. The Labute approximate surface area is 182 Å². The lowest BCUT2D eigenvalue weighted by Gasteiger charge is -2.10. The number of benzene rings is 5. The molecule has 8 rings (SSSR count). The predicted octanol–water partition coefficient (Wildman–Crippen LogP) is 4.89. The molecule has 8 aromatic rings. The first-order chi connectivity index (χ1) is 16.0. The molecule has 6 nitrogen and oxygen atoms in total. The van der Waals surface area contributed by atoms with Gasteiger partial charge in [0.2, 0.25) is 0 Å². The number of hydrogen-bond donors (Lipinski definition) is 0. The van der Waals surface area contributed by atoms with Crippen molar-refractivity contribution in [3.8, 4) is 11.1 Å². The Morgan fingerprint density at radius 1 is 0.515 bits per heavy atom. The second-order valence-electron chi connectivity index (χ2n) is 8.71. The molecule has 0 fully saturated rings. The lowest BCUT2D eigenvalue weighted by molar-refractivity contribution is -0.384. The number of nitro groups is 1. The molecule has 0 amide bonds. The first kappa shape index (κ1) is 16.9. The highest BCUT2D eigenvalue weighted by Gasteiger charge is 2.30. The Hall–Kier alpha value is -4.71. The van der Waals surface area contributed by atoms with Gasteiger partial charge in [0.05, 0.1) is 4.92 Å². The van der Waals surface area contributed by atoms with Crippen LogP contribution in [-0.2, 0) is 0 Å². The maximum absolute atomic E-state index is 13.7. The van der Waals surface area contributed by atoms with Crippen molar-refractivity contribution in [3.63, 3.8) is 0 Å². The molecule has 0 atom stereocenters. The van der Waals surface area contributed by atoms with Gasteiger partial charge in [-0.25, -0.2) is 0 Å². The topological polar surface area (TPSA) is 94.3 Å². The van der Waals surface area contributed by atoms with E-state index in [1.807, 2.05) is 0 Å². The monoisotopic (exact) mass is 427 g/mol. The molecule has 0 heterocycles. The van der Waals surface area contributed by atoms with Crippen LogP contribution in [0, 0.1) is 10.1 Å². The summed E-state index contributed by atoms with van der Waals surface area (Å²) in [5.41, 5.74) is 0.763. The number of non-ortho nitro benzene ring substituents is 1. The molecule has 8 aromatic carbocycles. The van der Waals surface area contributed by atoms with Crippen molar-refractivity contribution in [2.45, 2.75) is 0 Å². The fourth-order valence-corrected chi connectivity index (χ4v) is 6.02. The second-order valence-corrected chi connectivity index (χ2v) is 8.71. The van der Waals surface area contributed by atoms with Crippen molar-refractivity contribution in [2.24, 2.45) is 0 Å². The largest absolute Gasteiger partial charge is 0.289 e. The number of hydrogen-bond acceptors (Lipinski definition) is 5. The third-order valence-corrected chi connectivity index (χ3v) is 7.33. The second kappa shape index (κ2) is 5.02. The summed E-state index contributed by atoms with van der Waals surface area (Å²) in [6.07, 6.45) is 0. The average Bonchev–Trinajstić information content (AvgIpc) is 3.40. The van der Waals surface area contributed by atoms with Crippen LogP contribution in [0.25, 0.3) is 75.8 Å². The van der Waals surface area contributed by atoms with E-state index in [9.17, 15) is 24.5 Å². The van der Waals surface area contributed by atoms with Crippen LogP contribution in [-0.4, -0.2) is 4.92 Å². The lowest BCUT2D eigenvalue weighted by atomic mass is 9.91. The first-order valence-electron chi connectivity index (χ1n) is 10.4. The van der Waals surface area contributed by atoms with Crippen LogP contribution < -0.4 is 16.3 Å². The smallest absolute Gasteiger partial charge is 0.269 e. The predicted molar refractivity (Wildman–Crippen MR) is 129 cm³/mol. The van der Waals surface area contributed by atoms with Crippen LogP contribution in [0.2, 0.25) is 0 Å². The molecule has 0 bridgehead atoms. The molecule has 152 valence electrons. The van der Waals surface area contributed by atoms with Gasteiger partial charge in [0.25, 0.3) is 5.69 Å². The van der Waals surface area contributed by atoms with E-state index in [1.165, 1.54) is 12.1 Å². The van der Waals surface area contributed by atoms with E-state index in [4.69, 9.17) is 0 Å². The van der Waals surface area contributed by atoms with Crippen molar-refractivity contribution < 1.29 is 4.92 Å². The van der Waals surface area contributed by atoms with Gasteiger partial charge < -0.3 is 0 Å². The molecule has 33 heavy (non-hydrogen) atoms. The van der Waals surface area contributed by atoms with Gasteiger partial charge in [-0.2, -0.15) is 0 Å². The van der Waals surface area contributed by atoms with Crippen molar-refractivity contribution in [1.29, 1.82) is 0 Å². The fraction of sp³-hybridized carbons (Fsp3) is 0. The molecule has 6 heteroatoms. The Balaban J connectivity index is 1.73. The molecule has 0 aliphatic heterocycles. The van der Waals surface area contributed by atoms with Gasteiger partial charge in [0.1, 0.15) is 0 Å². The Bertz CT molecular complexity index is 2230. The van der Waals surface area contributed by atoms with Gasteiger partial charge in [-0.05, 0) is 53.6 Å². The maximum atomic E-state index is 13.7. The Morgan fingerprint density at radius 3 is 1.52 bits per heavy atom. The summed E-state index contributed by atoms with van der Waals surface area (Å²) in [7, 11) is 0. The quantitative estimate of drug-likeness (QED) is 0.222.